The molecule has 2 aromatic carbocycles. The molecule has 1 heterocycles. The summed E-state index contributed by atoms with van der Waals surface area (Å²) in [5.41, 5.74) is 7.89. The monoisotopic (exact) mass is 536 g/mol. The second-order valence-corrected chi connectivity index (χ2v) is 8.56. The Morgan fingerprint density at radius 3 is 2.59 bits per heavy atom. The molecule has 0 spiro atoms. The summed E-state index contributed by atoms with van der Waals surface area (Å²) in [6.07, 6.45) is 1.65. The summed E-state index contributed by atoms with van der Waals surface area (Å²) >= 11 is 12.1. The van der Waals surface area contributed by atoms with Crippen LogP contribution in [0.4, 0.5) is 5.69 Å². The summed E-state index contributed by atoms with van der Waals surface area (Å²) in [5.74, 6) is 0.470. The van der Waals surface area contributed by atoms with Gasteiger partial charge in [-0.3, -0.25) is 15.6 Å². The van der Waals surface area contributed by atoms with Gasteiger partial charge in [0.15, 0.2) is 0 Å². The van der Waals surface area contributed by atoms with Gasteiger partial charge in [-0.25, -0.2) is 9.66 Å². The maximum absolute atomic E-state index is 12.9. The molecule has 0 aliphatic heterocycles. The first-order chi connectivity index (χ1) is 13.8. The Labute approximate surface area is 190 Å². The summed E-state index contributed by atoms with van der Waals surface area (Å²) < 4.78 is 2.80. The largest absolute Gasteiger partial charge is 0.378 e. The van der Waals surface area contributed by atoms with Gasteiger partial charge in [0.05, 0.1) is 17.1 Å². The zero-order valence-electron chi connectivity index (χ0n) is 15.9. The van der Waals surface area contributed by atoms with Crippen LogP contribution < -0.4 is 21.3 Å². The summed E-state index contributed by atoms with van der Waals surface area (Å²) in [7, 11) is 3.97. The molecule has 3 aromatic rings. The van der Waals surface area contributed by atoms with Gasteiger partial charge in [-0.2, -0.15) is 5.10 Å². The van der Waals surface area contributed by atoms with Crippen LogP contribution in [-0.4, -0.2) is 35.1 Å². The van der Waals surface area contributed by atoms with Gasteiger partial charge in [-0.05, 0) is 64.9 Å². The molecule has 0 unspecified atom stereocenters. The van der Waals surface area contributed by atoms with Gasteiger partial charge in [0.25, 0.3) is 5.56 Å². The van der Waals surface area contributed by atoms with Gasteiger partial charge in [-0.1, -0.05) is 28.1 Å². The second kappa shape index (κ2) is 9.02. The molecule has 2 N–H and O–H groups in total. The Morgan fingerprint density at radius 1 is 1.24 bits per heavy atom. The number of aromatic nitrogens is 2. The number of fused-ring (bicyclic) bond motifs is 1. The van der Waals surface area contributed by atoms with E-state index in [1.807, 2.05) is 49.3 Å². The summed E-state index contributed by atoms with van der Waals surface area (Å²) in [6, 6.07) is 11.5. The minimum Gasteiger partial charge on any atom is -0.378 e. The van der Waals surface area contributed by atoms with Crippen molar-refractivity contribution in [3.63, 3.8) is 0 Å². The Morgan fingerprint density at radius 2 is 1.93 bits per heavy atom. The maximum Gasteiger partial charge on any atom is 0.280 e. The first-order valence-electron chi connectivity index (χ1n) is 8.52. The van der Waals surface area contributed by atoms with E-state index < -0.39 is 0 Å². The Hall–Kier alpha value is -2.30. The average molecular weight is 538 g/mol. The number of aryl methyl sites for hydroxylation is 1. The second-order valence-electron chi connectivity index (χ2n) is 6.38. The van der Waals surface area contributed by atoms with Crippen molar-refractivity contribution in [3.05, 3.63) is 67.1 Å². The zero-order valence-corrected chi connectivity index (χ0v) is 19.9. The Balaban J connectivity index is 1.75. The van der Waals surface area contributed by atoms with E-state index in [1.165, 1.54) is 4.68 Å². The van der Waals surface area contributed by atoms with E-state index in [2.05, 4.69) is 52.8 Å². The molecule has 10 heteroatoms. The van der Waals surface area contributed by atoms with E-state index in [4.69, 9.17) is 12.2 Å². The molecule has 0 aliphatic rings. The molecule has 0 amide bonds. The van der Waals surface area contributed by atoms with Crippen LogP contribution in [0.1, 0.15) is 11.4 Å². The van der Waals surface area contributed by atoms with Crippen molar-refractivity contribution in [1.82, 2.24) is 15.1 Å². The number of nitrogens with one attached hydrogen (secondary N) is 2. The highest BCUT2D eigenvalue weighted by Gasteiger charge is 2.12. The number of hydrogen-bond donors (Lipinski definition) is 2. The summed E-state index contributed by atoms with van der Waals surface area (Å²) in [6.45, 7) is 1.72. The number of hydrazone groups is 1. The standard InChI is InChI=1S/C19H18Br2N6OS/c1-11-23-17-15(8-13(20)9-16(17)21)18(28)27(11)25-19(29)24-22-10-12-4-6-14(7-5-12)26(2)3/h4-10H,1-3H3,(H2,24,25,29)/b22-10+. The van der Waals surface area contributed by atoms with Gasteiger partial charge in [0.1, 0.15) is 5.82 Å². The molecule has 0 saturated carbocycles. The van der Waals surface area contributed by atoms with Crippen molar-refractivity contribution < 1.29 is 0 Å². The maximum atomic E-state index is 12.9. The first-order valence-corrected chi connectivity index (χ1v) is 10.5. The third-order valence-corrected chi connectivity index (χ3v) is 5.31. The lowest BCUT2D eigenvalue weighted by Crippen LogP contribution is -2.39. The van der Waals surface area contributed by atoms with Gasteiger partial charge in [-0.15, -0.1) is 0 Å². The third-order valence-electron chi connectivity index (χ3n) is 4.06. The van der Waals surface area contributed by atoms with Crippen molar-refractivity contribution >= 4 is 72.0 Å². The molecule has 7 nitrogen and oxygen atoms in total. The number of thiocarbonyl (C=S) groups is 1. The predicted octanol–water partition coefficient (Wildman–Crippen LogP) is 3.75. The average Bonchev–Trinajstić information content (AvgIpc) is 2.66. The summed E-state index contributed by atoms with van der Waals surface area (Å²) in [5, 5.41) is 4.75. The number of benzene rings is 2. The highest BCUT2D eigenvalue weighted by Crippen LogP contribution is 2.25. The smallest absolute Gasteiger partial charge is 0.280 e. The Kier molecular flexibility index (Phi) is 6.66. The van der Waals surface area contributed by atoms with Crippen molar-refractivity contribution in [2.75, 3.05) is 24.4 Å². The lowest BCUT2D eigenvalue weighted by molar-refractivity contribution is 0.824. The molecule has 0 radical (unpaired) electrons. The number of hydrogen-bond acceptors (Lipinski definition) is 5. The SMILES string of the molecule is Cc1nc2c(Br)cc(Br)cc2c(=O)n1NC(=S)N/N=C/c1ccc(N(C)C)cc1. The summed E-state index contributed by atoms with van der Waals surface area (Å²) in [4.78, 5) is 19.4. The van der Waals surface area contributed by atoms with E-state index >= 15 is 0 Å². The molecule has 0 bridgehead atoms. The number of nitrogens with zero attached hydrogens (tertiary/aromatic N) is 4. The highest BCUT2D eigenvalue weighted by molar-refractivity contribution is 9.11. The zero-order chi connectivity index (χ0) is 21.1. The molecular formula is C19H18Br2N6OS. The van der Waals surface area contributed by atoms with Crippen LogP contribution in [0.5, 0.6) is 0 Å². The van der Waals surface area contributed by atoms with Gasteiger partial charge in [0, 0.05) is 28.7 Å². The molecule has 0 saturated heterocycles. The molecule has 3 rings (SSSR count). The Bertz CT molecular complexity index is 1160. The molecule has 1 aromatic heterocycles. The van der Waals surface area contributed by atoms with Gasteiger partial charge in [0.2, 0.25) is 5.11 Å². The van der Waals surface area contributed by atoms with Crippen LogP contribution in [0, 0.1) is 6.92 Å². The van der Waals surface area contributed by atoms with Crippen molar-refractivity contribution in [2.24, 2.45) is 5.10 Å². The quantitative estimate of drug-likeness (QED) is 0.300. The van der Waals surface area contributed by atoms with Crippen molar-refractivity contribution in [1.29, 1.82) is 0 Å². The highest BCUT2D eigenvalue weighted by atomic mass is 79.9. The first kappa shape index (κ1) is 21.4. The number of anilines is 1. The van der Waals surface area contributed by atoms with E-state index in [1.54, 1.807) is 19.2 Å². The van der Waals surface area contributed by atoms with Crippen LogP contribution in [-0.2, 0) is 0 Å². The fourth-order valence-electron chi connectivity index (χ4n) is 2.60. The fourth-order valence-corrected chi connectivity index (χ4v) is 4.06. The fraction of sp³-hybridized carbons (Fsp3) is 0.158. The van der Waals surface area contributed by atoms with Gasteiger partial charge >= 0.3 is 0 Å². The molecule has 0 aliphatic carbocycles. The molecule has 0 atom stereocenters. The van der Waals surface area contributed by atoms with Crippen LogP contribution in [0.2, 0.25) is 0 Å². The van der Waals surface area contributed by atoms with Crippen LogP contribution in [0.3, 0.4) is 0 Å². The van der Waals surface area contributed by atoms with Gasteiger partial charge < -0.3 is 4.90 Å². The molecule has 0 fully saturated rings. The van der Waals surface area contributed by atoms with Crippen LogP contribution in [0.15, 0.2) is 55.2 Å². The number of rotatable bonds is 4. The van der Waals surface area contributed by atoms with E-state index in [-0.39, 0.29) is 10.7 Å². The van der Waals surface area contributed by atoms with Crippen LogP contribution >= 0.6 is 44.1 Å². The minimum atomic E-state index is -0.262. The lowest BCUT2D eigenvalue weighted by atomic mass is 10.2. The van der Waals surface area contributed by atoms with E-state index in [0.717, 1.165) is 20.2 Å². The van der Waals surface area contributed by atoms with Crippen LogP contribution in [0.25, 0.3) is 10.9 Å². The lowest BCUT2D eigenvalue weighted by Gasteiger charge is -2.14. The molecule has 29 heavy (non-hydrogen) atoms. The molecular weight excluding hydrogens is 520 g/mol. The third kappa shape index (κ3) is 5.01. The van der Waals surface area contributed by atoms with Crippen molar-refractivity contribution in [3.8, 4) is 0 Å². The number of halogens is 2. The van der Waals surface area contributed by atoms with E-state index in [9.17, 15) is 4.79 Å². The van der Waals surface area contributed by atoms with E-state index in [0.29, 0.717) is 16.7 Å². The normalized spacial score (nSPS) is 11.1. The minimum absolute atomic E-state index is 0.173. The molecule has 150 valence electrons. The topological polar surface area (TPSA) is 74.5 Å². The van der Waals surface area contributed by atoms with Crippen molar-refractivity contribution in [2.45, 2.75) is 6.92 Å². The predicted molar refractivity (Wildman–Crippen MR) is 130 cm³/mol.